The van der Waals surface area contributed by atoms with E-state index in [1.54, 1.807) is 12.0 Å². The lowest BCUT2D eigenvalue weighted by Gasteiger charge is -2.25. The van der Waals surface area contributed by atoms with Crippen LogP contribution < -0.4 is 4.74 Å². The van der Waals surface area contributed by atoms with Crippen LogP contribution in [0.15, 0.2) is 18.2 Å². The quantitative estimate of drug-likeness (QED) is 0.779. The second-order valence-corrected chi connectivity index (χ2v) is 7.32. The van der Waals surface area contributed by atoms with Gasteiger partial charge in [0.15, 0.2) is 0 Å². The van der Waals surface area contributed by atoms with Crippen molar-refractivity contribution in [2.24, 2.45) is 0 Å². The van der Waals surface area contributed by atoms with Gasteiger partial charge in [-0.3, -0.25) is 4.90 Å². The summed E-state index contributed by atoms with van der Waals surface area (Å²) in [4.78, 5) is 15.9. The maximum Gasteiger partial charge on any atom is 0.410 e. The number of hydrogen-bond donors (Lipinski definition) is 0. The normalized spacial score (nSPS) is 24.0. The molecule has 2 heterocycles. The van der Waals surface area contributed by atoms with E-state index >= 15 is 0 Å². The summed E-state index contributed by atoms with van der Waals surface area (Å²) in [5, 5.41) is 0. The summed E-state index contributed by atoms with van der Waals surface area (Å²) in [5.41, 5.74) is 2.06. The topological polar surface area (TPSA) is 51.2 Å². The van der Waals surface area contributed by atoms with Crippen LogP contribution in [0.1, 0.15) is 37.3 Å². The maximum absolute atomic E-state index is 11.8. The van der Waals surface area contributed by atoms with Gasteiger partial charge in [0.25, 0.3) is 0 Å². The van der Waals surface area contributed by atoms with Crippen LogP contribution in [-0.2, 0) is 22.6 Å². The fraction of sp³-hybridized carbons (Fsp3) is 0.650. The highest BCUT2D eigenvalue weighted by Crippen LogP contribution is 2.33. The number of hydrogen-bond acceptors (Lipinski definition) is 5. The fourth-order valence-electron chi connectivity index (χ4n) is 3.95. The number of carbonyl (C=O) groups excluding carboxylic acids is 1. The van der Waals surface area contributed by atoms with Gasteiger partial charge >= 0.3 is 6.09 Å². The molecule has 1 aromatic rings. The van der Waals surface area contributed by atoms with E-state index < -0.39 is 0 Å². The molecular formula is C20H30N2O4. The molecule has 1 aromatic carbocycles. The number of nitrogens with zero attached hydrogens (tertiary/aromatic N) is 2. The van der Waals surface area contributed by atoms with Crippen molar-refractivity contribution in [2.75, 3.05) is 40.4 Å². The van der Waals surface area contributed by atoms with Crippen molar-refractivity contribution >= 4 is 6.09 Å². The minimum absolute atomic E-state index is 0.186. The van der Waals surface area contributed by atoms with Gasteiger partial charge in [0, 0.05) is 38.7 Å². The highest BCUT2D eigenvalue weighted by atomic mass is 16.6. The third kappa shape index (κ3) is 4.30. The molecule has 1 atom stereocenters. The molecule has 1 spiro atoms. The van der Waals surface area contributed by atoms with Crippen LogP contribution in [0.2, 0.25) is 0 Å². The van der Waals surface area contributed by atoms with E-state index in [9.17, 15) is 4.79 Å². The molecule has 6 heteroatoms. The summed E-state index contributed by atoms with van der Waals surface area (Å²) >= 11 is 0. The summed E-state index contributed by atoms with van der Waals surface area (Å²) in [6.07, 6.45) is 2.69. The van der Waals surface area contributed by atoms with Crippen molar-refractivity contribution in [1.82, 2.24) is 9.80 Å². The van der Waals surface area contributed by atoms with Crippen LogP contribution in [0.3, 0.4) is 0 Å². The summed E-state index contributed by atoms with van der Waals surface area (Å²) < 4.78 is 16.7. The molecule has 0 aromatic heterocycles. The lowest BCUT2D eigenvalue weighted by Crippen LogP contribution is -2.35. The van der Waals surface area contributed by atoms with Gasteiger partial charge in [-0.05, 0) is 44.0 Å². The maximum atomic E-state index is 11.8. The highest BCUT2D eigenvalue weighted by molar-refractivity contribution is 5.70. The van der Waals surface area contributed by atoms with E-state index in [2.05, 4.69) is 17.0 Å². The Kier molecular flexibility index (Phi) is 6.04. The van der Waals surface area contributed by atoms with Crippen molar-refractivity contribution in [3.63, 3.8) is 0 Å². The molecule has 0 N–H and O–H groups in total. The monoisotopic (exact) mass is 362 g/mol. The van der Waals surface area contributed by atoms with Crippen LogP contribution in [0, 0.1) is 0 Å². The smallest absolute Gasteiger partial charge is 0.410 e. The van der Waals surface area contributed by atoms with Crippen molar-refractivity contribution in [1.29, 1.82) is 0 Å². The zero-order valence-electron chi connectivity index (χ0n) is 16.1. The summed E-state index contributed by atoms with van der Waals surface area (Å²) in [6.45, 7) is 6.82. The molecule has 0 saturated carbocycles. The minimum Gasteiger partial charge on any atom is -0.496 e. The summed E-state index contributed by atoms with van der Waals surface area (Å²) in [6, 6.07) is 6.33. The van der Waals surface area contributed by atoms with Gasteiger partial charge in [-0.2, -0.15) is 0 Å². The molecule has 3 rings (SSSR count). The molecule has 0 unspecified atom stereocenters. The molecule has 6 nitrogen and oxygen atoms in total. The van der Waals surface area contributed by atoms with Crippen molar-refractivity contribution in [2.45, 2.75) is 44.9 Å². The van der Waals surface area contributed by atoms with E-state index in [1.807, 2.05) is 20.0 Å². The van der Waals surface area contributed by atoms with Crippen molar-refractivity contribution in [3.05, 3.63) is 29.3 Å². The predicted octanol–water partition coefficient (Wildman–Crippen LogP) is 3.04. The van der Waals surface area contributed by atoms with Crippen LogP contribution in [0.5, 0.6) is 5.75 Å². The average molecular weight is 362 g/mol. The van der Waals surface area contributed by atoms with Gasteiger partial charge in [-0.25, -0.2) is 4.79 Å². The molecule has 0 bridgehead atoms. The first kappa shape index (κ1) is 19.0. The van der Waals surface area contributed by atoms with Gasteiger partial charge < -0.3 is 19.1 Å². The van der Waals surface area contributed by atoms with E-state index in [-0.39, 0.29) is 11.7 Å². The van der Waals surface area contributed by atoms with E-state index in [4.69, 9.17) is 14.2 Å². The Morgan fingerprint density at radius 3 is 2.81 bits per heavy atom. The molecular weight excluding hydrogens is 332 g/mol. The largest absolute Gasteiger partial charge is 0.496 e. The molecule has 2 aliphatic rings. The number of methoxy groups -OCH3 is 1. The first-order valence-corrected chi connectivity index (χ1v) is 9.45. The first-order chi connectivity index (χ1) is 12.5. The lowest BCUT2D eigenvalue weighted by atomic mass is 9.95. The molecule has 0 radical (unpaired) electrons. The van der Waals surface area contributed by atoms with E-state index in [0.717, 1.165) is 50.2 Å². The zero-order chi connectivity index (χ0) is 18.6. The van der Waals surface area contributed by atoms with Crippen molar-refractivity contribution in [3.8, 4) is 5.75 Å². The Morgan fingerprint density at radius 2 is 2.12 bits per heavy atom. The third-order valence-electron chi connectivity index (χ3n) is 5.34. The number of amides is 1. The van der Waals surface area contributed by atoms with Crippen molar-refractivity contribution < 1.29 is 19.0 Å². The number of carbonyl (C=O) groups is 1. The minimum atomic E-state index is -0.291. The summed E-state index contributed by atoms with van der Waals surface area (Å²) in [7, 11) is 3.51. The first-order valence-electron chi connectivity index (χ1n) is 9.45. The zero-order valence-corrected chi connectivity index (χ0v) is 16.1. The molecule has 144 valence electrons. The number of likely N-dealkylation sites (N-methyl/N-ethyl adjacent to an activating group) is 1. The fourth-order valence-corrected chi connectivity index (χ4v) is 3.95. The predicted molar refractivity (Wildman–Crippen MR) is 99.3 cm³/mol. The lowest BCUT2D eigenvalue weighted by molar-refractivity contribution is 0.0443. The molecule has 2 aliphatic heterocycles. The number of benzene rings is 1. The Hall–Kier alpha value is -1.79. The molecule has 2 saturated heterocycles. The molecule has 1 amide bonds. The Morgan fingerprint density at radius 1 is 1.27 bits per heavy atom. The summed E-state index contributed by atoms with van der Waals surface area (Å²) in [5.74, 6) is 0.873. The Balaban J connectivity index is 1.63. The Bertz CT molecular complexity index is 636. The van der Waals surface area contributed by atoms with Gasteiger partial charge in [-0.15, -0.1) is 0 Å². The van der Waals surface area contributed by atoms with Crippen LogP contribution in [0.25, 0.3) is 0 Å². The standard InChI is InChI=1S/C20H30N2O4/c1-4-25-14-17-12-16(6-7-18(17)24-3)13-22-10-5-8-20(9-11-22)15-21(2)19(23)26-20/h6-7,12H,4-5,8-11,13-15H2,1-3H3/t20-/m1/s1. The third-order valence-corrected chi connectivity index (χ3v) is 5.34. The van der Waals surface area contributed by atoms with Gasteiger partial charge in [0.1, 0.15) is 11.4 Å². The second kappa shape index (κ2) is 8.27. The Labute approximate surface area is 156 Å². The van der Waals surface area contributed by atoms with Crippen LogP contribution in [-0.4, -0.2) is 61.9 Å². The van der Waals surface area contributed by atoms with E-state index in [1.165, 1.54) is 5.56 Å². The molecule has 0 aliphatic carbocycles. The highest BCUT2D eigenvalue weighted by Gasteiger charge is 2.44. The van der Waals surface area contributed by atoms with Crippen LogP contribution >= 0.6 is 0 Å². The average Bonchev–Trinajstić information content (AvgIpc) is 2.79. The van der Waals surface area contributed by atoms with Gasteiger partial charge in [0.2, 0.25) is 0 Å². The number of likely N-dealkylation sites (tertiary alicyclic amines) is 1. The molecule has 2 fully saturated rings. The van der Waals surface area contributed by atoms with Gasteiger partial charge in [-0.1, -0.05) is 6.07 Å². The van der Waals surface area contributed by atoms with Crippen LogP contribution in [0.4, 0.5) is 4.79 Å². The number of ether oxygens (including phenoxy) is 3. The second-order valence-electron chi connectivity index (χ2n) is 7.32. The van der Waals surface area contributed by atoms with E-state index in [0.29, 0.717) is 19.8 Å². The molecule has 26 heavy (non-hydrogen) atoms. The van der Waals surface area contributed by atoms with Gasteiger partial charge in [0.05, 0.1) is 20.3 Å². The SMILES string of the molecule is CCOCc1cc(CN2CCC[C@@]3(CC2)CN(C)C(=O)O3)ccc1OC. The number of rotatable bonds is 6.